The Kier molecular flexibility index (Phi) is 5.99. The Morgan fingerprint density at radius 2 is 2.17 bits per heavy atom. The topological polar surface area (TPSA) is 42.4 Å². The number of nitrogens with zero attached hydrogens (tertiary/aromatic N) is 2. The number of hydrogen-bond acceptors (Lipinski definition) is 4. The van der Waals surface area contributed by atoms with Crippen molar-refractivity contribution in [1.29, 1.82) is 0 Å². The van der Waals surface area contributed by atoms with Gasteiger partial charge in [0.05, 0.1) is 18.2 Å². The van der Waals surface area contributed by atoms with Gasteiger partial charge in [-0.05, 0) is 25.7 Å². The fourth-order valence-corrected chi connectivity index (χ4v) is 3.71. The van der Waals surface area contributed by atoms with Crippen LogP contribution < -0.4 is 0 Å². The van der Waals surface area contributed by atoms with Crippen molar-refractivity contribution in [3.05, 3.63) is 41.4 Å². The van der Waals surface area contributed by atoms with Gasteiger partial charge in [-0.15, -0.1) is 11.3 Å². The van der Waals surface area contributed by atoms with E-state index in [-0.39, 0.29) is 5.91 Å². The predicted molar refractivity (Wildman–Crippen MR) is 97.1 cm³/mol. The first kappa shape index (κ1) is 17.1. The number of rotatable bonds is 6. The first-order valence-corrected chi connectivity index (χ1v) is 9.46. The van der Waals surface area contributed by atoms with Crippen molar-refractivity contribution < 1.29 is 9.53 Å². The van der Waals surface area contributed by atoms with Gasteiger partial charge in [-0.3, -0.25) is 4.79 Å². The highest BCUT2D eigenvalue weighted by molar-refractivity contribution is 7.13. The number of carbonyl (C=O) groups excluding carboxylic acids is 1. The third-order valence-electron chi connectivity index (χ3n) is 4.39. The molecule has 4 nitrogen and oxygen atoms in total. The molecule has 3 rings (SSSR count). The van der Waals surface area contributed by atoms with Crippen molar-refractivity contribution in [3.8, 4) is 10.6 Å². The molecule has 1 aromatic heterocycles. The van der Waals surface area contributed by atoms with Gasteiger partial charge < -0.3 is 9.64 Å². The van der Waals surface area contributed by atoms with Crippen LogP contribution in [0.25, 0.3) is 10.6 Å². The van der Waals surface area contributed by atoms with Gasteiger partial charge in [0.2, 0.25) is 5.91 Å². The number of aromatic nitrogens is 1. The van der Waals surface area contributed by atoms with Crippen LogP contribution in [0.3, 0.4) is 0 Å². The molecule has 24 heavy (non-hydrogen) atoms. The molecule has 2 aromatic rings. The molecule has 1 atom stereocenters. The molecule has 1 aliphatic rings. The molecule has 1 saturated heterocycles. The van der Waals surface area contributed by atoms with E-state index in [4.69, 9.17) is 4.74 Å². The van der Waals surface area contributed by atoms with Crippen LogP contribution >= 0.6 is 11.3 Å². The van der Waals surface area contributed by atoms with Gasteiger partial charge in [-0.2, -0.15) is 0 Å². The lowest BCUT2D eigenvalue weighted by molar-refractivity contribution is -0.129. The molecule has 1 aliphatic heterocycles. The molecule has 128 valence electrons. The average Bonchev–Trinajstić information content (AvgIpc) is 3.10. The normalized spacial score (nSPS) is 17.6. The van der Waals surface area contributed by atoms with E-state index in [1.807, 2.05) is 42.8 Å². The number of likely N-dealkylation sites (N-methyl/N-ethyl adjacent to an activating group) is 1. The number of amides is 1. The van der Waals surface area contributed by atoms with Crippen molar-refractivity contribution in [2.45, 2.75) is 38.2 Å². The van der Waals surface area contributed by atoms with Gasteiger partial charge in [0.1, 0.15) is 5.01 Å². The number of benzene rings is 1. The van der Waals surface area contributed by atoms with Crippen molar-refractivity contribution in [1.82, 2.24) is 9.88 Å². The summed E-state index contributed by atoms with van der Waals surface area (Å²) in [7, 11) is 1.87. The van der Waals surface area contributed by atoms with Gasteiger partial charge in [-0.25, -0.2) is 4.98 Å². The van der Waals surface area contributed by atoms with E-state index in [9.17, 15) is 4.79 Å². The number of carbonyl (C=O) groups is 1. The van der Waals surface area contributed by atoms with E-state index in [0.29, 0.717) is 12.5 Å². The predicted octanol–water partition coefficient (Wildman–Crippen LogP) is 3.77. The zero-order valence-corrected chi connectivity index (χ0v) is 14.9. The first-order valence-electron chi connectivity index (χ1n) is 8.58. The number of thiazole rings is 1. The molecule has 1 fully saturated rings. The highest BCUT2D eigenvalue weighted by atomic mass is 32.1. The molecule has 0 aliphatic carbocycles. The van der Waals surface area contributed by atoms with Gasteiger partial charge >= 0.3 is 0 Å². The minimum Gasteiger partial charge on any atom is -0.378 e. The number of ether oxygens (including phenoxy) is 1. The molecule has 0 spiro atoms. The first-order chi connectivity index (χ1) is 11.7. The summed E-state index contributed by atoms with van der Waals surface area (Å²) in [5.74, 6) is 0.121. The molecular weight excluding hydrogens is 320 g/mol. The summed E-state index contributed by atoms with van der Waals surface area (Å²) in [4.78, 5) is 18.8. The molecule has 0 saturated carbocycles. The Labute approximate surface area is 147 Å². The molecule has 1 amide bonds. The summed E-state index contributed by atoms with van der Waals surface area (Å²) < 4.78 is 5.73. The minimum absolute atomic E-state index is 0.121. The maximum Gasteiger partial charge on any atom is 0.228 e. The van der Waals surface area contributed by atoms with Crippen LogP contribution in [0.1, 0.15) is 31.4 Å². The maximum absolute atomic E-state index is 12.4. The Morgan fingerprint density at radius 1 is 1.33 bits per heavy atom. The standard InChI is InChI=1S/C19H24N2O2S/c1-21(11-10-17-9-5-6-12-23-17)18(22)13-16-14-24-19(20-16)15-7-3-2-4-8-15/h2-4,7-8,14,17H,5-6,9-13H2,1H3. The van der Waals surface area contributed by atoms with Crippen LogP contribution in [-0.4, -0.2) is 42.1 Å². The highest BCUT2D eigenvalue weighted by Gasteiger charge is 2.17. The Morgan fingerprint density at radius 3 is 2.92 bits per heavy atom. The Hall–Kier alpha value is -1.72. The molecule has 2 heterocycles. The quantitative estimate of drug-likeness (QED) is 0.801. The van der Waals surface area contributed by atoms with Gasteiger partial charge in [0, 0.05) is 31.1 Å². The fourth-order valence-electron chi connectivity index (χ4n) is 2.89. The highest BCUT2D eigenvalue weighted by Crippen LogP contribution is 2.23. The average molecular weight is 344 g/mol. The lowest BCUT2D eigenvalue weighted by Gasteiger charge is -2.25. The summed E-state index contributed by atoms with van der Waals surface area (Å²) in [5.41, 5.74) is 1.95. The minimum atomic E-state index is 0.121. The molecule has 0 bridgehead atoms. The van der Waals surface area contributed by atoms with Crippen LogP contribution in [0.15, 0.2) is 35.7 Å². The summed E-state index contributed by atoms with van der Waals surface area (Å²) in [5, 5.41) is 2.95. The second kappa shape index (κ2) is 8.40. The second-order valence-corrected chi connectivity index (χ2v) is 7.14. The van der Waals surface area contributed by atoms with Crippen LogP contribution in [0, 0.1) is 0 Å². The summed E-state index contributed by atoms with van der Waals surface area (Å²) in [6, 6.07) is 10.1. The van der Waals surface area contributed by atoms with Crippen LogP contribution in [0.4, 0.5) is 0 Å². The van der Waals surface area contributed by atoms with E-state index in [0.717, 1.165) is 42.3 Å². The largest absolute Gasteiger partial charge is 0.378 e. The second-order valence-electron chi connectivity index (χ2n) is 6.28. The van der Waals surface area contributed by atoms with E-state index in [1.165, 1.54) is 12.8 Å². The molecule has 0 radical (unpaired) electrons. The zero-order chi connectivity index (χ0) is 16.8. The SMILES string of the molecule is CN(CCC1CCCCO1)C(=O)Cc1csc(-c2ccccc2)n1. The smallest absolute Gasteiger partial charge is 0.228 e. The Balaban J connectivity index is 1.50. The monoisotopic (exact) mass is 344 g/mol. The molecule has 1 aromatic carbocycles. The third-order valence-corrected chi connectivity index (χ3v) is 5.33. The lowest BCUT2D eigenvalue weighted by Crippen LogP contribution is -2.32. The van der Waals surface area contributed by atoms with Crippen LogP contribution in [0.2, 0.25) is 0 Å². The molecule has 1 unspecified atom stereocenters. The van der Waals surface area contributed by atoms with Crippen LogP contribution in [-0.2, 0) is 16.0 Å². The third kappa shape index (κ3) is 4.65. The van der Waals surface area contributed by atoms with Crippen molar-refractivity contribution in [2.24, 2.45) is 0 Å². The van der Waals surface area contributed by atoms with Crippen molar-refractivity contribution in [3.63, 3.8) is 0 Å². The summed E-state index contributed by atoms with van der Waals surface area (Å²) in [6.07, 6.45) is 5.13. The van der Waals surface area contributed by atoms with Gasteiger partial charge in [-0.1, -0.05) is 30.3 Å². The van der Waals surface area contributed by atoms with Crippen molar-refractivity contribution in [2.75, 3.05) is 20.2 Å². The van der Waals surface area contributed by atoms with E-state index in [1.54, 1.807) is 16.2 Å². The summed E-state index contributed by atoms with van der Waals surface area (Å²) >= 11 is 1.59. The van der Waals surface area contributed by atoms with E-state index < -0.39 is 0 Å². The molecular formula is C19H24N2O2S. The van der Waals surface area contributed by atoms with Gasteiger partial charge in [0.15, 0.2) is 0 Å². The number of hydrogen-bond donors (Lipinski definition) is 0. The van der Waals surface area contributed by atoms with E-state index >= 15 is 0 Å². The molecule has 5 heteroatoms. The fraction of sp³-hybridized carbons (Fsp3) is 0.474. The van der Waals surface area contributed by atoms with E-state index in [2.05, 4.69) is 4.98 Å². The lowest BCUT2D eigenvalue weighted by atomic mass is 10.1. The Bertz CT molecular complexity index is 650. The van der Waals surface area contributed by atoms with Gasteiger partial charge in [0.25, 0.3) is 0 Å². The van der Waals surface area contributed by atoms with Crippen molar-refractivity contribution >= 4 is 17.2 Å². The summed E-state index contributed by atoms with van der Waals surface area (Å²) in [6.45, 7) is 1.61. The van der Waals surface area contributed by atoms with Crippen LogP contribution in [0.5, 0.6) is 0 Å². The molecule has 0 N–H and O–H groups in total. The zero-order valence-electron chi connectivity index (χ0n) is 14.1. The maximum atomic E-state index is 12.4.